The van der Waals surface area contributed by atoms with E-state index in [0.717, 1.165) is 0 Å². The fourth-order valence-electron chi connectivity index (χ4n) is 6.18. The van der Waals surface area contributed by atoms with Crippen molar-refractivity contribution in [3.05, 3.63) is 180 Å². The Balaban J connectivity index is 1.33. The van der Waals surface area contributed by atoms with Gasteiger partial charge in [-0.3, -0.25) is 4.79 Å². The standard InChI is InChI=1S/C43H38F2N2O4/c1-29(2)42-46-39(30-18-22-35(44)23-19-30)40(31-20-24-36(45)25-21-31)47(42)27-26-37(48)28-38(49)51-41(32-12-6-3-7-13-32)43(50,33-14-8-4-9-15-33)34-16-10-5-11-17-34/h3-27,29,37,41,48,50H,28H2,1-2H3/t37-,41+/m1/s1. The molecule has 51 heavy (non-hydrogen) atoms. The van der Waals surface area contributed by atoms with E-state index >= 15 is 0 Å². The molecule has 0 aliphatic heterocycles. The highest BCUT2D eigenvalue weighted by Crippen LogP contribution is 2.43. The first-order valence-corrected chi connectivity index (χ1v) is 16.7. The average molecular weight is 685 g/mol. The van der Waals surface area contributed by atoms with Crippen molar-refractivity contribution in [2.75, 3.05) is 0 Å². The summed E-state index contributed by atoms with van der Waals surface area (Å²) in [6.07, 6.45) is 0.242. The van der Waals surface area contributed by atoms with Crippen molar-refractivity contribution < 1.29 is 28.5 Å². The van der Waals surface area contributed by atoms with Crippen LogP contribution < -0.4 is 0 Å². The summed E-state index contributed by atoms with van der Waals surface area (Å²) in [5, 5.41) is 23.8. The van der Waals surface area contributed by atoms with Crippen LogP contribution in [0.1, 0.15) is 54.8 Å². The van der Waals surface area contributed by atoms with Gasteiger partial charge in [-0.2, -0.15) is 0 Å². The van der Waals surface area contributed by atoms with Crippen molar-refractivity contribution in [2.45, 2.75) is 44.0 Å². The maximum atomic E-state index is 14.0. The number of ether oxygens (including phenoxy) is 1. The molecule has 0 fully saturated rings. The molecule has 0 bridgehead atoms. The van der Waals surface area contributed by atoms with Gasteiger partial charge in [-0.1, -0.05) is 105 Å². The second-order valence-electron chi connectivity index (χ2n) is 12.6. The van der Waals surface area contributed by atoms with Gasteiger partial charge in [-0.05, 0) is 71.3 Å². The number of aromatic nitrogens is 2. The first-order chi connectivity index (χ1) is 24.6. The van der Waals surface area contributed by atoms with Gasteiger partial charge in [-0.25, -0.2) is 13.8 Å². The number of hydrogen-bond donors (Lipinski definition) is 2. The van der Waals surface area contributed by atoms with Crippen LogP contribution in [0.5, 0.6) is 0 Å². The molecular weight excluding hydrogens is 646 g/mol. The predicted octanol–water partition coefficient (Wildman–Crippen LogP) is 9.06. The van der Waals surface area contributed by atoms with Crippen LogP contribution in [0.15, 0.2) is 146 Å². The predicted molar refractivity (Wildman–Crippen MR) is 194 cm³/mol. The minimum atomic E-state index is -1.76. The SMILES string of the molecule is CC(C)c1nc(-c2ccc(F)cc2)c(-c2ccc(F)cc2)n1C=C[C@@H](O)CC(=O)O[C@@H](c1ccccc1)C(O)(c1ccccc1)c1ccccc1. The second-order valence-corrected chi connectivity index (χ2v) is 12.6. The van der Waals surface area contributed by atoms with Crippen LogP contribution in [-0.2, 0) is 15.1 Å². The molecular formula is C43H38F2N2O4. The third-order valence-corrected chi connectivity index (χ3v) is 8.68. The van der Waals surface area contributed by atoms with Crippen LogP contribution in [0, 0.1) is 11.6 Å². The van der Waals surface area contributed by atoms with Crippen molar-refractivity contribution in [1.29, 1.82) is 0 Å². The van der Waals surface area contributed by atoms with Gasteiger partial charge in [0.1, 0.15) is 17.5 Å². The van der Waals surface area contributed by atoms with Crippen molar-refractivity contribution in [3.8, 4) is 22.5 Å². The zero-order valence-corrected chi connectivity index (χ0v) is 28.2. The number of aliphatic hydroxyl groups is 2. The smallest absolute Gasteiger partial charge is 0.309 e. The van der Waals surface area contributed by atoms with Gasteiger partial charge in [0.05, 0.1) is 23.9 Å². The van der Waals surface area contributed by atoms with Crippen LogP contribution >= 0.6 is 0 Å². The number of benzene rings is 5. The summed E-state index contributed by atoms with van der Waals surface area (Å²) in [7, 11) is 0. The van der Waals surface area contributed by atoms with Crippen molar-refractivity contribution in [2.24, 2.45) is 0 Å². The third-order valence-electron chi connectivity index (χ3n) is 8.68. The number of carbonyl (C=O) groups excluding carboxylic acids is 1. The van der Waals surface area contributed by atoms with E-state index in [0.29, 0.717) is 45.0 Å². The molecule has 0 aliphatic carbocycles. The summed E-state index contributed by atoms with van der Waals surface area (Å²) in [4.78, 5) is 18.6. The van der Waals surface area contributed by atoms with Gasteiger partial charge in [0, 0.05) is 23.2 Å². The van der Waals surface area contributed by atoms with Crippen LogP contribution in [-0.4, -0.2) is 31.8 Å². The molecule has 0 amide bonds. The lowest BCUT2D eigenvalue weighted by Crippen LogP contribution is -2.38. The fraction of sp³-hybridized carbons (Fsp3) is 0.163. The summed E-state index contributed by atoms with van der Waals surface area (Å²) >= 11 is 0. The lowest BCUT2D eigenvalue weighted by molar-refractivity contribution is -0.165. The topological polar surface area (TPSA) is 84.6 Å². The Morgan fingerprint density at radius 3 is 1.76 bits per heavy atom. The molecule has 8 heteroatoms. The molecule has 0 aliphatic rings. The molecule has 258 valence electrons. The highest BCUT2D eigenvalue weighted by molar-refractivity contribution is 5.81. The zero-order valence-electron chi connectivity index (χ0n) is 28.2. The number of hydrogen-bond acceptors (Lipinski definition) is 5. The molecule has 1 aromatic heterocycles. The number of halogens is 2. The summed E-state index contributed by atoms with van der Waals surface area (Å²) in [6.45, 7) is 3.93. The molecule has 0 unspecified atom stereocenters. The first-order valence-electron chi connectivity index (χ1n) is 16.7. The molecule has 5 aromatic carbocycles. The Kier molecular flexibility index (Phi) is 10.7. The molecule has 2 N–H and O–H groups in total. The highest BCUT2D eigenvalue weighted by atomic mass is 19.1. The zero-order chi connectivity index (χ0) is 36.0. The summed E-state index contributed by atoms with van der Waals surface area (Å²) in [6, 6.07) is 39.0. The van der Waals surface area contributed by atoms with E-state index in [1.54, 1.807) is 83.6 Å². The van der Waals surface area contributed by atoms with Crippen LogP contribution in [0.25, 0.3) is 28.7 Å². The van der Waals surface area contributed by atoms with Crippen LogP contribution in [0.2, 0.25) is 0 Å². The molecule has 6 nitrogen and oxygen atoms in total. The Morgan fingerprint density at radius 2 is 1.25 bits per heavy atom. The average Bonchev–Trinajstić information content (AvgIpc) is 3.54. The van der Waals surface area contributed by atoms with Crippen molar-refractivity contribution in [1.82, 2.24) is 9.55 Å². The Hall–Kier alpha value is -5.70. The molecule has 0 spiro atoms. The molecule has 6 aromatic rings. The third kappa shape index (κ3) is 7.72. The van der Waals surface area contributed by atoms with E-state index in [2.05, 4.69) is 0 Å². The van der Waals surface area contributed by atoms with E-state index in [1.165, 1.54) is 30.3 Å². The van der Waals surface area contributed by atoms with E-state index < -0.39 is 36.0 Å². The van der Waals surface area contributed by atoms with Crippen LogP contribution in [0.3, 0.4) is 0 Å². The summed E-state index contributed by atoms with van der Waals surface area (Å²) < 4.78 is 35.7. The Labute approximate surface area is 296 Å². The number of imidazole rings is 1. The largest absolute Gasteiger partial charge is 0.454 e. The van der Waals surface area contributed by atoms with E-state index in [4.69, 9.17) is 9.72 Å². The number of nitrogens with zero attached hydrogens (tertiary/aromatic N) is 2. The Morgan fingerprint density at radius 1 is 0.765 bits per heavy atom. The quantitative estimate of drug-likeness (QED) is 0.126. The molecule has 0 saturated carbocycles. The summed E-state index contributed by atoms with van der Waals surface area (Å²) in [5.74, 6) is -0.959. The molecule has 1 heterocycles. The number of rotatable bonds is 12. The maximum Gasteiger partial charge on any atom is 0.309 e. The number of esters is 1. The molecule has 0 saturated heterocycles. The van der Waals surface area contributed by atoms with Gasteiger partial charge < -0.3 is 19.5 Å². The maximum absolute atomic E-state index is 14.0. The second kappa shape index (κ2) is 15.5. The van der Waals surface area contributed by atoms with E-state index in [9.17, 15) is 23.8 Å². The first kappa shape index (κ1) is 35.1. The van der Waals surface area contributed by atoms with Gasteiger partial charge in [0.25, 0.3) is 0 Å². The minimum absolute atomic E-state index is 0.0783. The van der Waals surface area contributed by atoms with Gasteiger partial charge in [0.2, 0.25) is 0 Å². The van der Waals surface area contributed by atoms with E-state index in [-0.39, 0.29) is 11.7 Å². The lowest BCUT2D eigenvalue weighted by Gasteiger charge is -2.37. The normalized spacial score (nSPS) is 13.0. The lowest BCUT2D eigenvalue weighted by atomic mass is 9.79. The Bertz CT molecular complexity index is 2040. The van der Waals surface area contributed by atoms with E-state index in [1.807, 2.05) is 56.3 Å². The molecule has 0 radical (unpaired) electrons. The number of aliphatic hydroxyl groups excluding tert-OH is 1. The van der Waals surface area contributed by atoms with Gasteiger partial charge >= 0.3 is 5.97 Å². The fourth-order valence-corrected chi connectivity index (χ4v) is 6.18. The van der Waals surface area contributed by atoms with Crippen molar-refractivity contribution in [3.63, 3.8) is 0 Å². The molecule has 6 rings (SSSR count). The van der Waals surface area contributed by atoms with Crippen molar-refractivity contribution >= 4 is 12.2 Å². The monoisotopic (exact) mass is 684 g/mol. The minimum Gasteiger partial charge on any atom is -0.454 e. The van der Waals surface area contributed by atoms with Gasteiger partial charge in [0.15, 0.2) is 11.7 Å². The molecule has 2 atom stereocenters. The summed E-state index contributed by atoms with van der Waals surface area (Å²) in [5.41, 5.74) is 2.35. The van der Waals surface area contributed by atoms with Gasteiger partial charge in [-0.15, -0.1) is 0 Å². The highest BCUT2D eigenvalue weighted by Gasteiger charge is 2.44. The number of carbonyl (C=O) groups is 1. The van der Waals surface area contributed by atoms with Crippen LogP contribution in [0.4, 0.5) is 8.78 Å².